The fourth-order valence-corrected chi connectivity index (χ4v) is 3.04. The molecule has 0 bridgehead atoms. The van der Waals surface area contributed by atoms with Gasteiger partial charge in [-0.05, 0) is 26.0 Å². The molecule has 2 aromatic rings. The highest BCUT2D eigenvalue weighted by atomic mass is 32.2. The summed E-state index contributed by atoms with van der Waals surface area (Å²) in [5.74, 6) is -0.140. The molecule has 8 heteroatoms. The third-order valence-electron chi connectivity index (χ3n) is 3.50. The summed E-state index contributed by atoms with van der Waals surface area (Å²) in [7, 11) is -1.57. The normalized spacial score (nSPS) is 11.5. The summed E-state index contributed by atoms with van der Waals surface area (Å²) in [5.41, 5.74) is 2.08. The van der Waals surface area contributed by atoms with Crippen molar-refractivity contribution in [3.8, 4) is 17.3 Å². The first-order chi connectivity index (χ1) is 11.3. The van der Waals surface area contributed by atoms with Crippen LogP contribution in [0.4, 0.5) is 0 Å². The van der Waals surface area contributed by atoms with Crippen LogP contribution in [0, 0.1) is 6.92 Å². The maximum absolute atomic E-state index is 11.9. The Kier molecular flexibility index (Phi) is 5.38. The van der Waals surface area contributed by atoms with E-state index < -0.39 is 9.84 Å². The van der Waals surface area contributed by atoms with Crippen LogP contribution in [0.1, 0.15) is 25.1 Å². The van der Waals surface area contributed by atoms with Crippen molar-refractivity contribution in [3.05, 3.63) is 39.9 Å². The molecule has 0 saturated carbocycles. The lowest BCUT2D eigenvalue weighted by atomic mass is 10.1. The molecule has 0 radical (unpaired) electrons. The van der Waals surface area contributed by atoms with Gasteiger partial charge in [-0.25, -0.2) is 8.42 Å². The summed E-state index contributed by atoms with van der Waals surface area (Å²) in [6.45, 7) is 5.49. The van der Waals surface area contributed by atoms with Crippen LogP contribution >= 0.6 is 0 Å². The second kappa shape index (κ2) is 7.12. The maximum Gasteiger partial charge on any atom is 0.317 e. The summed E-state index contributed by atoms with van der Waals surface area (Å²) >= 11 is 0. The zero-order valence-electron chi connectivity index (χ0n) is 14.2. The Balaban J connectivity index is 2.57. The molecule has 0 aliphatic carbocycles. The highest BCUT2D eigenvalue weighted by Gasteiger charge is 2.15. The van der Waals surface area contributed by atoms with Gasteiger partial charge in [0.15, 0.2) is 9.84 Å². The van der Waals surface area contributed by atoms with Gasteiger partial charge in [0.1, 0.15) is 0 Å². The van der Waals surface area contributed by atoms with Crippen LogP contribution in [0.5, 0.6) is 6.01 Å². The summed E-state index contributed by atoms with van der Waals surface area (Å²) in [6, 6.07) is 3.47. The van der Waals surface area contributed by atoms with Crippen molar-refractivity contribution in [3.63, 3.8) is 0 Å². The molecule has 7 nitrogen and oxygen atoms in total. The molecule has 0 saturated heterocycles. The van der Waals surface area contributed by atoms with E-state index in [0.717, 1.165) is 0 Å². The van der Waals surface area contributed by atoms with E-state index in [0.29, 0.717) is 29.1 Å². The highest BCUT2D eigenvalue weighted by Crippen LogP contribution is 2.21. The first-order valence-corrected chi connectivity index (χ1v) is 9.46. The van der Waals surface area contributed by atoms with Gasteiger partial charge in [-0.3, -0.25) is 4.79 Å². The molecular weight excluding hydrogens is 330 g/mol. The van der Waals surface area contributed by atoms with E-state index >= 15 is 0 Å². The lowest BCUT2D eigenvalue weighted by molar-refractivity contribution is 0.312. The smallest absolute Gasteiger partial charge is 0.317 e. The average Bonchev–Trinajstić information content (AvgIpc) is 2.51. The SMILES string of the molecule is CCOc1nc(CS(=O)(=O)CC)cc(-c2cc(C)c(=O)n(C)c2)n1. The van der Waals surface area contributed by atoms with E-state index in [2.05, 4.69) is 9.97 Å². The number of sulfone groups is 1. The number of hydrogen-bond donors (Lipinski definition) is 0. The van der Waals surface area contributed by atoms with E-state index in [9.17, 15) is 13.2 Å². The lowest BCUT2D eigenvalue weighted by Crippen LogP contribution is -2.18. The zero-order valence-corrected chi connectivity index (χ0v) is 15.1. The minimum absolute atomic E-state index is 0.0370. The molecule has 2 rings (SSSR count). The molecule has 0 aliphatic heterocycles. The van der Waals surface area contributed by atoms with Crippen molar-refractivity contribution in [1.29, 1.82) is 0 Å². The van der Waals surface area contributed by atoms with Gasteiger partial charge in [-0.15, -0.1) is 0 Å². The van der Waals surface area contributed by atoms with Gasteiger partial charge in [0.25, 0.3) is 5.56 Å². The molecule has 24 heavy (non-hydrogen) atoms. The van der Waals surface area contributed by atoms with Gasteiger partial charge in [0.05, 0.1) is 23.7 Å². The molecule has 0 fully saturated rings. The number of aryl methyl sites for hydroxylation is 2. The molecule has 0 amide bonds. The fourth-order valence-electron chi connectivity index (χ4n) is 2.23. The van der Waals surface area contributed by atoms with Crippen molar-refractivity contribution in [2.45, 2.75) is 26.5 Å². The van der Waals surface area contributed by atoms with Crippen LogP contribution < -0.4 is 10.3 Å². The van der Waals surface area contributed by atoms with Crippen LogP contribution in [-0.4, -0.2) is 35.3 Å². The molecule has 130 valence electrons. The molecule has 2 aromatic heterocycles. The summed E-state index contributed by atoms with van der Waals surface area (Å²) in [4.78, 5) is 20.3. The van der Waals surface area contributed by atoms with Gasteiger partial charge >= 0.3 is 6.01 Å². The van der Waals surface area contributed by atoms with Gasteiger partial charge < -0.3 is 9.30 Å². The minimum atomic E-state index is -3.23. The van der Waals surface area contributed by atoms with E-state index in [-0.39, 0.29) is 23.1 Å². The van der Waals surface area contributed by atoms with E-state index in [1.807, 2.05) is 0 Å². The minimum Gasteiger partial charge on any atom is -0.464 e. The molecule has 0 N–H and O–H groups in total. The molecule has 0 atom stereocenters. The Morgan fingerprint density at radius 1 is 1.21 bits per heavy atom. The van der Waals surface area contributed by atoms with E-state index in [1.54, 1.807) is 46.1 Å². The van der Waals surface area contributed by atoms with Gasteiger partial charge in [0, 0.05) is 30.1 Å². The van der Waals surface area contributed by atoms with Crippen molar-refractivity contribution < 1.29 is 13.2 Å². The summed E-state index contributed by atoms with van der Waals surface area (Å²) in [5, 5.41) is 0. The largest absolute Gasteiger partial charge is 0.464 e. The van der Waals surface area contributed by atoms with Crippen LogP contribution in [0.2, 0.25) is 0 Å². The van der Waals surface area contributed by atoms with E-state index in [4.69, 9.17) is 4.74 Å². The van der Waals surface area contributed by atoms with Gasteiger partial charge in [-0.1, -0.05) is 6.92 Å². The number of pyridine rings is 1. The molecule has 0 aromatic carbocycles. The quantitative estimate of drug-likeness (QED) is 0.783. The Labute approximate surface area is 141 Å². The second-order valence-corrected chi connectivity index (χ2v) is 7.82. The summed E-state index contributed by atoms with van der Waals surface area (Å²) in [6.07, 6.45) is 1.66. The first-order valence-electron chi connectivity index (χ1n) is 7.64. The monoisotopic (exact) mass is 351 g/mol. The van der Waals surface area contributed by atoms with Crippen molar-refractivity contribution in [2.75, 3.05) is 12.4 Å². The highest BCUT2D eigenvalue weighted by molar-refractivity contribution is 7.90. The molecule has 2 heterocycles. The van der Waals surface area contributed by atoms with Gasteiger partial charge in [0.2, 0.25) is 0 Å². The molecule has 0 spiro atoms. The summed E-state index contributed by atoms with van der Waals surface area (Å²) < 4.78 is 30.6. The zero-order chi connectivity index (χ0) is 17.9. The Morgan fingerprint density at radius 3 is 2.50 bits per heavy atom. The van der Waals surface area contributed by atoms with Crippen LogP contribution in [0.3, 0.4) is 0 Å². The van der Waals surface area contributed by atoms with Crippen molar-refractivity contribution >= 4 is 9.84 Å². The Morgan fingerprint density at radius 2 is 1.92 bits per heavy atom. The standard InChI is InChI=1S/C16H21N3O4S/c1-5-23-16-17-13(10-24(21,22)6-2)8-14(18-16)12-7-11(3)15(20)19(4)9-12/h7-9H,5-6,10H2,1-4H3. The van der Waals surface area contributed by atoms with Crippen LogP contribution in [0.25, 0.3) is 11.3 Å². The number of aromatic nitrogens is 3. The lowest BCUT2D eigenvalue weighted by Gasteiger charge is -2.10. The molecule has 0 aliphatic rings. The Hall–Kier alpha value is -2.22. The van der Waals surface area contributed by atoms with Crippen LogP contribution in [0.15, 0.2) is 23.1 Å². The molecule has 0 unspecified atom stereocenters. The number of rotatable bonds is 6. The number of hydrogen-bond acceptors (Lipinski definition) is 6. The first kappa shape index (κ1) is 18.1. The van der Waals surface area contributed by atoms with Crippen molar-refractivity contribution in [2.24, 2.45) is 7.05 Å². The maximum atomic E-state index is 11.9. The third kappa shape index (κ3) is 4.19. The van der Waals surface area contributed by atoms with E-state index in [1.165, 1.54) is 4.57 Å². The number of nitrogens with zero attached hydrogens (tertiary/aromatic N) is 3. The topological polar surface area (TPSA) is 91.1 Å². The third-order valence-corrected chi connectivity index (χ3v) is 5.11. The number of ether oxygens (including phenoxy) is 1. The predicted molar refractivity (Wildman–Crippen MR) is 91.8 cm³/mol. The Bertz CT molecular complexity index is 878. The van der Waals surface area contributed by atoms with Crippen molar-refractivity contribution in [1.82, 2.24) is 14.5 Å². The van der Waals surface area contributed by atoms with Crippen LogP contribution in [-0.2, 0) is 22.6 Å². The average molecular weight is 351 g/mol. The predicted octanol–water partition coefficient (Wildman–Crippen LogP) is 1.48. The second-order valence-electron chi connectivity index (χ2n) is 5.46. The molecular formula is C16H21N3O4S. The van der Waals surface area contributed by atoms with Gasteiger partial charge in [-0.2, -0.15) is 9.97 Å². The fraction of sp³-hybridized carbons (Fsp3) is 0.438.